The molecule has 1 aromatic heterocycles. The number of nitrogen functional groups attached to an aromatic ring is 2. The molecule has 0 saturated carbocycles. The van der Waals surface area contributed by atoms with Crippen molar-refractivity contribution in [3.8, 4) is 11.3 Å². The molecule has 0 amide bonds. The number of hydrogen-bond acceptors (Lipinski definition) is 2. The van der Waals surface area contributed by atoms with E-state index in [1.54, 1.807) is 0 Å². The molecule has 0 fully saturated rings. The molecular weight excluding hydrogens is 366 g/mol. The number of pyridine rings is 1. The highest BCUT2D eigenvalue weighted by molar-refractivity contribution is 6.10. The Balaban J connectivity index is 0.00000225. The summed E-state index contributed by atoms with van der Waals surface area (Å²) in [6, 6.07) is 23.0. The summed E-state index contributed by atoms with van der Waals surface area (Å²) in [6.45, 7) is 3.20. The van der Waals surface area contributed by atoms with Crippen LogP contribution in [0.1, 0.15) is 26.2 Å². The van der Waals surface area contributed by atoms with E-state index < -0.39 is 0 Å². The average Bonchev–Trinajstić information content (AvgIpc) is 2.68. The number of nitrogens with two attached hydrogens (primary N) is 2. The maximum Gasteiger partial charge on any atom is 0.220 e. The summed E-state index contributed by atoms with van der Waals surface area (Å²) in [5.41, 5.74) is 17.5. The lowest BCUT2D eigenvalue weighted by Gasteiger charge is -2.13. The average molecular weight is 392 g/mol. The van der Waals surface area contributed by atoms with Gasteiger partial charge in [0.1, 0.15) is 6.54 Å². The molecule has 0 unspecified atom stereocenters. The number of anilines is 2. The second-order valence-electron chi connectivity index (χ2n) is 7.15. The largest absolute Gasteiger partial charge is 1.00 e. The van der Waals surface area contributed by atoms with Gasteiger partial charge in [0.25, 0.3) is 0 Å². The summed E-state index contributed by atoms with van der Waals surface area (Å²) in [5.74, 6) is 0. The van der Waals surface area contributed by atoms with Crippen molar-refractivity contribution < 1.29 is 17.0 Å². The molecule has 0 radical (unpaired) electrons. The first-order valence-corrected chi connectivity index (χ1v) is 9.68. The van der Waals surface area contributed by atoms with Crippen molar-refractivity contribution in [3.05, 3.63) is 66.7 Å². The number of halogens is 1. The molecule has 3 aromatic carbocycles. The van der Waals surface area contributed by atoms with Gasteiger partial charge in [0, 0.05) is 34.8 Å². The van der Waals surface area contributed by atoms with E-state index >= 15 is 0 Å². The molecule has 4 aromatic rings. The van der Waals surface area contributed by atoms with Gasteiger partial charge in [0.15, 0.2) is 0 Å². The van der Waals surface area contributed by atoms with Crippen LogP contribution >= 0.6 is 0 Å². The molecule has 0 bridgehead atoms. The van der Waals surface area contributed by atoms with Gasteiger partial charge in [-0.3, -0.25) is 0 Å². The van der Waals surface area contributed by atoms with Crippen molar-refractivity contribution >= 4 is 33.1 Å². The molecule has 4 N–H and O–H groups in total. The van der Waals surface area contributed by atoms with Crippen molar-refractivity contribution in [1.29, 1.82) is 0 Å². The summed E-state index contributed by atoms with van der Waals surface area (Å²) >= 11 is 0. The van der Waals surface area contributed by atoms with Gasteiger partial charge < -0.3 is 23.9 Å². The van der Waals surface area contributed by atoms with Gasteiger partial charge in [0.05, 0.1) is 10.8 Å². The first-order valence-electron chi connectivity index (χ1n) is 9.68. The van der Waals surface area contributed by atoms with Gasteiger partial charge in [-0.05, 0) is 42.8 Å². The summed E-state index contributed by atoms with van der Waals surface area (Å²) in [7, 11) is 0. The molecular formula is C24H26ClN3. The van der Waals surface area contributed by atoms with E-state index in [1.165, 1.54) is 45.8 Å². The lowest BCUT2D eigenvalue weighted by molar-refractivity contribution is -0.659. The van der Waals surface area contributed by atoms with Crippen molar-refractivity contribution in [2.45, 2.75) is 32.7 Å². The highest BCUT2D eigenvalue weighted by Gasteiger charge is 2.23. The molecule has 28 heavy (non-hydrogen) atoms. The first kappa shape index (κ1) is 20.0. The van der Waals surface area contributed by atoms with Crippen LogP contribution in [-0.2, 0) is 6.54 Å². The van der Waals surface area contributed by atoms with Crippen LogP contribution in [0.2, 0.25) is 0 Å². The van der Waals surface area contributed by atoms with E-state index in [4.69, 9.17) is 11.5 Å². The Morgan fingerprint density at radius 2 is 1.43 bits per heavy atom. The van der Waals surface area contributed by atoms with Crippen LogP contribution in [0.3, 0.4) is 0 Å². The highest BCUT2D eigenvalue weighted by atomic mass is 35.5. The van der Waals surface area contributed by atoms with E-state index in [1.807, 2.05) is 12.1 Å². The van der Waals surface area contributed by atoms with Crippen LogP contribution < -0.4 is 28.4 Å². The topological polar surface area (TPSA) is 55.9 Å². The Bertz CT molecular complexity index is 1110. The molecule has 0 aliphatic rings. The van der Waals surface area contributed by atoms with Crippen LogP contribution in [0.4, 0.5) is 11.4 Å². The van der Waals surface area contributed by atoms with Crippen molar-refractivity contribution in [1.82, 2.24) is 0 Å². The number of unbranched alkanes of at least 4 members (excludes halogenated alkanes) is 2. The Hall–Kier alpha value is -2.78. The van der Waals surface area contributed by atoms with Crippen LogP contribution in [0.5, 0.6) is 0 Å². The van der Waals surface area contributed by atoms with Gasteiger partial charge in [0.2, 0.25) is 11.2 Å². The van der Waals surface area contributed by atoms with Gasteiger partial charge in [-0.1, -0.05) is 37.6 Å². The van der Waals surface area contributed by atoms with Gasteiger partial charge in [-0.15, -0.1) is 0 Å². The van der Waals surface area contributed by atoms with E-state index in [0.717, 1.165) is 24.3 Å². The third-order valence-electron chi connectivity index (χ3n) is 5.20. The maximum absolute atomic E-state index is 6.18. The van der Waals surface area contributed by atoms with E-state index in [-0.39, 0.29) is 12.4 Å². The molecule has 1 heterocycles. The van der Waals surface area contributed by atoms with Gasteiger partial charge >= 0.3 is 0 Å². The lowest BCUT2D eigenvalue weighted by Crippen LogP contribution is -3.00. The van der Waals surface area contributed by atoms with Crippen LogP contribution in [-0.4, -0.2) is 0 Å². The fourth-order valence-electron chi connectivity index (χ4n) is 3.92. The van der Waals surface area contributed by atoms with Gasteiger partial charge in [-0.25, -0.2) is 0 Å². The Morgan fingerprint density at radius 1 is 0.750 bits per heavy atom. The predicted octanol–water partition coefficient (Wildman–Crippen LogP) is 2.31. The SMILES string of the molecule is CCCCC[n+]1c(-c2ccccc2)c2cc(N)ccc2c2ccc(N)cc21.[Cl-]. The lowest BCUT2D eigenvalue weighted by atomic mass is 9.98. The number of aryl methyl sites for hydroxylation is 1. The number of benzene rings is 3. The van der Waals surface area contributed by atoms with Gasteiger partial charge in [-0.2, -0.15) is 4.57 Å². The van der Waals surface area contributed by atoms with Crippen LogP contribution in [0.15, 0.2) is 66.7 Å². The minimum absolute atomic E-state index is 0. The van der Waals surface area contributed by atoms with Crippen LogP contribution in [0, 0.1) is 0 Å². The molecule has 0 aliphatic heterocycles. The Labute approximate surface area is 172 Å². The number of rotatable bonds is 5. The fraction of sp³-hybridized carbons (Fsp3) is 0.208. The molecule has 3 nitrogen and oxygen atoms in total. The second-order valence-corrected chi connectivity index (χ2v) is 7.15. The minimum Gasteiger partial charge on any atom is -1.00 e. The standard InChI is InChI=1S/C24H25N3.ClH/c1-2-3-7-14-27-23-16-19(26)11-13-21(23)20-12-10-18(25)15-22(20)24(27)17-8-5-4-6-9-17;/h4-6,8-13,15-16,26H,2-3,7,14,25H2,1H3;1H. The number of hydrogen-bond donors (Lipinski definition) is 2. The first-order chi connectivity index (χ1) is 13.2. The predicted molar refractivity (Wildman–Crippen MR) is 115 cm³/mol. The number of fused-ring (bicyclic) bond motifs is 3. The molecule has 144 valence electrons. The summed E-state index contributed by atoms with van der Waals surface area (Å²) < 4.78 is 2.43. The Kier molecular flexibility index (Phi) is 6.05. The third-order valence-corrected chi connectivity index (χ3v) is 5.20. The third kappa shape index (κ3) is 3.63. The molecule has 0 aliphatic carbocycles. The highest BCUT2D eigenvalue weighted by Crippen LogP contribution is 2.33. The minimum atomic E-state index is 0. The maximum atomic E-state index is 6.18. The fourth-order valence-corrected chi connectivity index (χ4v) is 3.92. The quantitative estimate of drug-likeness (QED) is 0.237. The number of aromatic nitrogens is 1. The van der Waals surface area contributed by atoms with Crippen molar-refractivity contribution in [2.24, 2.45) is 0 Å². The second kappa shape index (κ2) is 8.49. The molecule has 0 saturated heterocycles. The normalized spacial score (nSPS) is 10.9. The molecule has 0 atom stereocenters. The van der Waals surface area contributed by atoms with E-state index in [0.29, 0.717) is 0 Å². The summed E-state index contributed by atoms with van der Waals surface area (Å²) in [4.78, 5) is 0. The number of nitrogens with zero attached hydrogens (tertiary/aromatic N) is 1. The summed E-state index contributed by atoms with van der Waals surface area (Å²) in [5, 5.41) is 3.62. The van der Waals surface area contributed by atoms with Crippen molar-refractivity contribution in [2.75, 3.05) is 11.5 Å². The van der Waals surface area contributed by atoms with E-state index in [2.05, 4.69) is 66.1 Å². The monoisotopic (exact) mass is 391 g/mol. The molecule has 0 spiro atoms. The zero-order valence-corrected chi connectivity index (χ0v) is 16.9. The van der Waals surface area contributed by atoms with E-state index in [9.17, 15) is 0 Å². The van der Waals surface area contributed by atoms with Crippen molar-refractivity contribution in [3.63, 3.8) is 0 Å². The molecule has 4 heteroatoms. The van der Waals surface area contributed by atoms with Crippen LogP contribution in [0.25, 0.3) is 32.9 Å². The zero-order chi connectivity index (χ0) is 18.8. The Morgan fingerprint density at radius 3 is 2.14 bits per heavy atom. The zero-order valence-electron chi connectivity index (χ0n) is 16.2. The smallest absolute Gasteiger partial charge is 0.220 e. The molecule has 4 rings (SSSR count). The summed E-state index contributed by atoms with van der Waals surface area (Å²) in [6.07, 6.45) is 3.54.